The lowest BCUT2D eigenvalue weighted by atomic mass is 9.73. The zero-order valence-corrected chi connectivity index (χ0v) is 15.0. The van der Waals surface area contributed by atoms with E-state index in [-0.39, 0.29) is 5.92 Å². The quantitative estimate of drug-likeness (QED) is 0.529. The first-order valence-electron chi connectivity index (χ1n) is 8.91. The first kappa shape index (κ1) is 15.4. The number of aryl methyl sites for hydroxylation is 2. The van der Waals surface area contributed by atoms with Crippen LogP contribution in [0.1, 0.15) is 60.3 Å². The van der Waals surface area contributed by atoms with Crippen LogP contribution < -0.4 is 0 Å². The van der Waals surface area contributed by atoms with E-state index in [4.69, 9.17) is 0 Å². The van der Waals surface area contributed by atoms with Crippen molar-refractivity contribution in [2.45, 2.75) is 52.6 Å². The molecule has 0 bridgehead atoms. The van der Waals surface area contributed by atoms with Crippen LogP contribution in [0, 0.1) is 31.6 Å². The van der Waals surface area contributed by atoms with Gasteiger partial charge in [0.1, 0.15) is 6.17 Å². The summed E-state index contributed by atoms with van der Waals surface area (Å²) in [7, 11) is 0. The van der Waals surface area contributed by atoms with Gasteiger partial charge in [0.05, 0.1) is 0 Å². The summed E-state index contributed by atoms with van der Waals surface area (Å²) in [5, 5.41) is 1.24. The first-order valence-corrected chi connectivity index (χ1v) is 9.72. The molecule has 0 saturated heterocycles. The van der Waals surface area contributed by atoms with Gasteiger partial charge < -0.3 is 0 Å². The van der Waals surface area contributed by atoms with Gasteiger partial charge >= 0.3 is 0 Å². The van der Waals surface area contributed by atoms with Gasteiger partial charge in [-0.2, -0.15) is 0 Å². The minimum absolute atomic E-state index is 0.0875. The molecule has 1 aromatic heterocycles. The van der Waals surface area contributed by atoms with E-state index < -0.39 is 6.17 Å². The number of benzene rings is 1. The average molecular weight is 328 g/mol. The van der Waals surface area contributed by atoms with E-state index >= 15 is 4.39 Å². The van der Waals surface area contributed by atoms with E-state index in [1.807, 2.05) is 0 Å². The highest BCUT2D eigenvalue weighted by molar-refractivity contribution is 7.19. The molecule has 0 aliphatic heterocycles. The molecule has 0 N–H and O–H groups in total. The lowest BCUT2D eigenvalue weighted by molar-refractivity contribution is 0.156. The Kier molecular flexibility index (Phi) is 3.84. The molecule has 1 saturated carbocycles. The van der Waals surface area contributed by atoms with Crippen LogP contribution in [0.15, 0.2) is 18.2 Å². The SMILES string of the molecule is Cc1ccc2c3c(sc2c1C)C(F)C(C1CCC(C)CC1)C=C3. The Morgan fingerprint density at radius 1 is 1.09 bits per heavy atom. The van der Waals surface area contributed by atoms with E-state index in [0.717, 1.165) is 16.4 Å². The molecule has 2 heteroatoms. The van der Waals surface area contributed by atoms with Crippen molar-refractivity contribution >= 4 is 27.5 Å². The fourth-order valence-electron chi connectivity index (χ4n) is 4.35. The van der Waals surface area contributed by atoms with Crippen LogP contribution in [0.25, 0.3) is 16.2 Å². The normalized spacial score (nSPS) is 30.6. The number of hydrogen-bond acceptors (Lipinski definition) is 1. The Morgan fingerprint density at radius 2 is 1.83 bits per heavy atom. The Bertz CT molecular complexity index is 762. The van der Waals surface area contributed by atoms with Gasteiger partial charge in [-0.25, -0.2) is 4.39 Å². The topological polar surface area (TPSA) is 0 Å². The summed E-state index contributed by atoms with van der Waals surface area (Å²) < 4.78 is 16.6. The molecular formula is C21H25FS. The summed E-state index contributed by atoms with van der Waals surface area (Å²) in [6.07, 6.45) is 8.48. The Hall–Kier alpha value is -1.15. The van der Waals surface area contributed by atoms with Gasteiger partial charge in [-0.3, -0.25) is 0 Å². The fraction of sp³-hybridized carbons (Fsp3) is 0.524. The number of halogens is 1. The number of allylic oxidation sites excluding steroid dienone is 1. The number of fused-ring (bicyclic) bond motifs is 3. The van der Waals surface area contributed by atoms with Gasteiger partial charge in [0.25, 0.3) is 0 Å². The molecule has 2 aliphatic rings. The maximum atomic E-state index is 15.4. The van der Waals surface area contributed by atoms with Gasteiger partial charge in [0.15, 0.2) is 0 Å². The summed E-state index contributed by atoms with van der Waals surface area (Å²) in [5.74, 6) is 1.44. The maximum absolute atomic E-state index is 15.4. The predicted octanol–water partition coefficient (Wildman–Crippen LogP) is 7.00. The van der Waals surface area contributed by atoms with Gasteiger partial charge in [-0.1, -0.05) is 44.1 Å². The molecule has 1 fully saturated rings. The predicted molar refractivity (Wildman–Crippen MR) is 98.8 cm³/mol. The van der Waals surface area contributed by atoms with Crippen molar-refractivity contribution in [2.75, 3.05) is 0 Å². The first-order chi connectivity index (χ1) is 11.1. The molecule has 4 rings (SSSR count). The smallest absolute Gasteiger partial charge is 0.141 e. The largest absolute Gasteiger partial charge is 0.241 e. The van der Waals surface area contributed by atoms with Gasteiger partial charge in [0, 0.05) is 20.9 Å². The third-order valence-electron chi connectivity index (χ3n) is 6.12. The molecule has 2 aromatic rings. The summed E-state index contributed by atoms with van der Waals surface area (Å²) in [5.41, 5.74) is 3.75. The lowest BCUT2D eigenvalue weighted by Crippen LogP contribution is -2.24. The van der Waals surface area contributed by atoms with Crippen molar-refractivity contribution in [1.82, 2.24) is 0 Å². The average Bonchev–Trinajstić information content (AvgIpc) is 2.93. The van der Waals surface area contributed by atoms with Crippen molar-refractivity contribution in [3.05, 3.63) is 39.8 Å². The van der Waals surface area contributed by atoms with Crippen molar-refractivity contribution in [3.63, 3.8) is 0 Å². The molecule has 1 aromatic carbocycles. The van der Waals surface area contributed by atoms with Crippen LogP contribution in [0.5, 0.6) is 0 Å². The van der Waals surface area contributed by atoms with Crippen molar-refractivity contribution < 1.29 is 4.39 Å². The molecule has 0 nitrogen and oxygen atoms in total. The molecule has 1 heterocycles. The molecule has 2 atom stereocenters. The second kappa shape index (κ2) is 5.73. The minimum atomic E-state index is -0.814. The van der Waals surface area contributed by atoms with Crippen LogP contribution in [0.3, 0.4) is 0 Å². The molecular weight excluding hydrogens is 303 g/mol. The van der Waals surface area contributed by atoms with E-state index in [1.54, 1.807) is 11.3 Å². The lowest BCUT2D eigenvalue weighted by Gasteiger charge is -2.34. The van der Waals surface area contributed by atoms with Crippen LogP contribution in [0.4, 0.5) is 4.39 Å². The Morgan fingerprint density at radius 3 is 2.57 bits per heavy atom. The summed E-state index contributed by atoms with van der Waals surface area (Å²) >= 11 is 1.69. The highest BCUT2D eigenvalue weighted by Crippen LogP contribution is 2.49. The van der Waals surface area contributed by atoms with E-state index in [2.05, 4.69) is 45.1 Å². The Balaban J connectivity index is 1.72. The maximum Gasteiger partial charge on any atom is 0.141 e. The molecule has 0 spiro atoms. The summed E-state index contributed by atoms with van der Waals surface area (Å²) in [6, 6.07) is 4.34. The monoisotopic (exact) mass is 328 g/mol. The fourth-order valence-corrected chi connectivity index (χ4v) is 5.73. The molecule has 0 radical (unpaired) electrons. The second-order valence-electron chi connectivity index (χ2n) is 7.62. The molecule has 0 amide bonds. The number of thiophene rings is 1. The van der Waals surface area contributed by atoms with Crippen molar-refractivity contribution in [1.29, 1.82) is 0 Å². The van der Waals surface area contributed by atoms with E-state index in [9.17, 15) is 0 Å². The van der Waals surface area contributed by atoms with E-state index in [1.165, 1.54) is 46.9 Å². The number of hydrogen-bond donors (Lipinski definition) is 0. The van der Waals surface area contributed by atoms with Crippen molar-refractivity contribution in [3.8, 4) is 0 Å². The van der Waals surface area contributed by atoms with E-state index in [0.29, 0.717) is 5.92 Å². The molecule has 2 aliphatic carbocycles. The summed E-state index contributed by atoms with van der Waals surface area (Å²) in [4.78, 5) is 0.972. The van der Waals surface area contributed by atoms with Crippen LogP contribution >= 0.6 is 11.3 Å². The molecule has 2 unspecified atom stereocenters. The third-order valence-corrected chi connectivity index (χ3v) is 7.52. The standard InChI is InChI=1S/C21H25FS/c1-12-4-7-15(8-5-12)16-10-11-18-17-9-6-13(2)14(3)20(17)23-21(18)19(16)22/h6,9-12,15-16,19H,4-5,7-8H2,1-3H3. The molecule has 122 valence electrons. The van der Waals surface area contributed by atoms with Crippen LogP contribution in [-0.4, -0.2) is 0 Å². The zero-order chi connectivity index (χ0) is 16.1. The third kappa shape index (κ3) is 2.46. The van der Waals surface area contributed by atoms with Gasteiger partial charge in [-0.15, -0.1) is 11.3 Å². The second-order valence-corrected chi connectivity index (χ2v) is 8.67. The zero-order valence-electron chi connectivity index (χ0n) is 14.2. The number of alkyl halides is 1. The highest BCUT2D eigenvalue weighted by atomic mass is 32.1. The molecule has 23 heavy (non-hydrogen) atoms. The highest BCUT2D eigenvalue weighted by Gasteiger charge is 2.35. The van der Waals surface area contributed by atoms with Gasteiger partial charge in [-0.05, 0) is 55.2 Å². The van der Waals surface area contributed by atoms with Crippen LogP contribution in [-0.2, 0) is 0 Å². The summed E-state index contributed by atoms with van der Waals surface area (Å²) in [6.45, 7) is 6.63. The van der Waals surface area contributed by atoms with Gasteiger partial charge in [0.2, 0.25) is 0 Å². The van der Waals surface area contributed by atoms with Crippen LogP contribution in [0.2, 0.25) is 0 Å². The number of rotatable bonds is 1. The van der Waals surface area contributed by atoms with Crippen molar-refractivity contribution in [2.24, 2.45) is 17.8 Å². The minimum Gasteiger partial charge on any atom is -0.241 e. The Labute approximate surface area is 142 Å².